The molecule has 1 N–H and O–H groups in total. The molecule has 0 aliphatic carbocycles. The molecule has 1 aromatic carbocycles. The molecule has 6 heteroatoms. The number of aliphatic carboxylic acids is 1. The minimum Gasteiger partial charge on any atom is -0.481 e. The molecule has 0 saturated carbocycles. The number of rotatable bonds is 4. The van der Waals surface area contributed by atoms with Gasteiger partial charge in [0.2, 0.25) is 0 Å². The lowest BCUT2D eigenvalue weighted by Gasteiger charge is -2.10. The summed E-state index contributed by atoms with van der Waals surface area (Å²) in [7, 11) is 0. The van der Waals surface area contributed by atoms with Crippen LogP contribution in [-0.4, -0.2) is 26.4 Å². The van der Waals surface area contributed by atoms with Crippen molar-refractivity contribution in [2.24, 2.45) is 0 Å². The van der Waals surface area contributed by atoms with Crippen molar-refractivity contribution in [2.75, 3.05) is 5.75 Å². The van der Waals surface area contributed by atoms with E-state index >= 15 is 0 Å². The lowest BCUT2D eigenvalue weighted by atomic mass is 10.2. The van der Waals surface area contributed by atoms with Gasteiger partial charge >= 0.3 is 5.97 Å². The van der Waals surface area contributed by atoms with E-state index in [1.807, 2.05) is 36.6 Å². The first-order chi connectivity index (χ1) is 8.97. The van der Waals surface area contributed by atoms with Crippen molar-refractivity contribution in [1.29, 1.82) is 0 Å². The Bertz CT molecular complexity index is 605. The molecule has 0 aliphatic rings. The van der Waals surface area contributed by atoms with E-state index < -0.39 is 5.97 Å². The number of imidazole rings is 1. The van der Waals surface area contributed by atoms with Gasteiger partial charge in [0.1, 0.15) is 0 Å². The van der Waals surface area contributed by atoms with Crippen LogP contribution in [0.3, 0.4) is 0 Å². The summed E-state index contributed by atoms with van der Waals surface area (Å²) >= 11 is 4.69. The number of carboxylic acids is 1. The van der Waals surface area contributed by atoms with Crippen molar-refractivity contribution in [3.05, 3.63) is 40.1 Å². The van der Waals surface area contributed by atoms with Gasteiger partial charge in [-0.3, -0.25) is 9.36 Å². The van der Waals surface area contributed by atoms with Crippen LogP contribution in [0.15, 0.2) is 34.0 Å². The van der Waals surface area contributed by atoms with Crippen LogP contribution in [0.1, 0.15) is 11.3 Å². The van der Waals surface area contributed by atoms with Gasteiger partial charge in [0.15, 0.2) is 5.16 Å². The molecule has 0 aliphatic heterocycles. The number of benzene rings is 1. The Kier molecular flexibility index (Phi) is 4.31. The second-order valence-corrected chi connectivity index (χ2v) is 6.04. The standard InChI is InChI=1S/C13H13BrN2O2S/c1-8-3-10(14)5-11(4-8)16-9(2)6-15-13(16)19-7-12(17)18/h3-6H,7H2,1-2H3,(H,17,18). The lowest BCUT2D eigenvalue weighted by Crippen LogP contribution is -2.03. The molecular weight excluding hydrogens is 328 g/mol. The number of nitrogens with zero attached hydrogens (tertiary/aromatic N) is 2. The predicted molar refractivity (Wildman–Crippen MR) is 79.1 cm³/mol. The molecule has 0 spiro atoms. The molecule has 0 bridgehead atoms. The van der Waals surface area contributed by atoms with Gasteiger partial charge in [-0.05, 0) is 37.6 Å². The molecule has 0 fully saturated rings. The summed E-state index contributed by atoms with van der Waals surface area (Å²) in [5, 5.41) is 9.46. The maximum absolute atomic E-state index is 10.7. The maximum Gasteiger partial charge on any atom is 0.313 e. The van der Waals surface area contributed by atoms with Gasteiger partial charge in [-0.1, -0.05) is 27.7 Å². The van der Waals surface area contributed by atoms with E-state index in [1.54, 1.807) is 6.20 Å². The lowest BCUT2D eigenvalue weighted by molar-refractivity contribution is -0.133. The van der Waals surface area contributed by atoms with E-state index in [-0.39, 0.29) is 5.75 Å². The number of hydrogen-bond donors (Lipinski definition) is 1. The van der Waals surface area contributed by atoms with Gasteiger partial charge in [-0.25, -0.2) is 4.98 Å². The van der Waals surface area contributed by atoms with Crippen molar-refractivity contribution < 1.29 is 9.90 Å². The SMILES string of the molecule is Cc1cc(Br)cc(-n2c(C)cnc2SCC(=O)O)c1. The Hall–Kier alpha value is -1.27. The molecule has 0 amide bonds. The van der Waals surface area contributed by atoms with Crippen LogP contribution in [0.2, 0.25) is 0 Å². The number of hydrogen-bond acceptors (Lipinski definition) is 3. The van der Waals surface area contributed by atoms with E-state index in [0.29, 0.717) is 5.16 Å². The van der Waals surface area contributed by atoms with Crippen LogP contribution in [-0.2, 0) is 4.79 Å². The van der Waals surface area contributed by atoms with Crippen LogP contribution in [0.25, 0.3) is 5.69 Å². The van der Waals surface area contributed by atoms with Gasteiger partial charge in [0.25, 0.3) is 0 Å². The Morgan fingerprint density at radius 3 is 2.79 bits per heavy atom. The number of carboxylic acid groups (broad SMARTS) is 1. The van der Waals surface area contributed by atoms with E-state index in [9.17, 15) is 4.79 Å². The Balaban J connectivity index is 2.43. The highest BCUT2D eigenvalue weighted by atomic mass is 79.9. The number of thioether (sulfide) groups is 1. The highest BCUT2D eigenvalue weighted by Gasteiger charge is 2.12. The minimum atomic E-state index is -0.845. The van der Waals surface area contributed by atoms with E-state index in [0.717, 1.165) is 21.4 Å². The highest BCUT2D eigenvalue weighted by molar-refractivity contribution is 9.10. The van der Waals surface area contributed by atoms with Crippen molar-refractivity contribution in [2.45, 2.75) is 19.0 Å². The van der Waals surface area contributed by atoms with Crippen LogP contribution >= 0.6 is 27.7 Å². The van der Waals surface area contributed by atoms with E-state index in [2.05, 4.69) is 20.9 Å². The molecule has 2 rings (SSSR count). The molecule has 1 aromatic heterocycles. The Morgan fingerprint density at radius 1 is 1.42 bits per heavy atom. The number of aromatic nitrogens is 2. The monoisotopic (exact) mass is 340 g/mol. The molecule has 0 unspecified atom stereocenters. The Morgan fingerprint density at radius 2 is 2.16 bits per heavy atom. The second-order valence-electron chi connectivity index (χ2n) is 4.19. The topological polar surface area (TPSA) is 55.1 Å². The quantitative estimate of drug-likeness (QED) is 0.866. The predicted octanol–water partition coefficient (Wildman–Crippen LogP) is 3.43. The number of carbonyl (C=O) groups is 1. The molecule has 1 heterocycles. The van der Waals surface area contributed by atoms with Crippen molar-refractivity contribution in [3.8, 4) is 5.69 Å². The molecule has 4 nitrogen and oxygen atoms in total. The first-order valence-corrected chi connectivity index (χ1v) is 7.42. The summed E-state index contributed by atoms with van der Waals surface area (Å²) in [6, 6.07) is 6.07. The highest BCUT2D eigenvalue weighted by Crippen LogP contribution is 2.26. The van der Waals surface area contributed by atoms with Crippen LogP contribution in [0.5, 0.6) is 0 Å². The van der Waals surface area contributed by atoms with Gasteiger partial charge in [0, 0.05) is 22.1 Å². The summed E-state index contributed by atoms with van der Waals surface area (Å²) in [5.74, 6) is -0.841. The first kappa shape index (κ1) is 14.1. The molecule has 0 atom stereocenters. The average molecular weight is 341 g/mol. The largest absolute Gasteiger partial charge is 0.481 e. The van der Waals surface area contributed by atoms with Gasteiger partial charge in [-0.15, -0.1) is 0 Å². The summed E-state index contributed by atoms with van der Waals surface area (Å²) in [6.07, 6.45) is 1.75. The zero-order valence-corrected chi connectivity index (χ0v) is 13.0. The molecule has 100 valence electrons. The fourth-order valence-corrected chi connectivity index (χ4v) is 3.16. The van der Waals surface area contributed by atoms with Gasteiger partial charge in [0.05, 0.1) is 5.75 Å². The van der Waals surface area contributed by atoms with E-state index in [1.165, 1.54) is 11.8 Å². The van der Waals surface area contributed by atoms with Crippen molar-refractivity contribution >= 4 is 33.7 Å². The van der Waals surface area contributed by atoms with Crippen molar-refractivity contribution in [1.82, 2.24) is 9.55 Å². The summed E-state index contributed by atoms with van der Waals surface area (Å²) in [4.78, 5) is 14.9. The van der Waals surface area contributed by atoms with Crippen LogP contribution < -0.4 is 0 Å². The Labute approximate surface area is 124 Å². The fraction of sp³-hybridized carbons (Fsp3) is 0.231. The van der Waals surface area contributed by atoms with Gasteiger partial charge < -0.3 is 5.11 Å². The normalized spacial score (nSPS) is 10.7. The average Bonchev–Trinajstić information content (AvgIpc) is 2.66. The summed E-state index contributed by atoms with van der Waals surface area (Å²) in [5.41, 5.74) is 3.09. The number of aryl methyl sites for hydroxylation is 2. The second kappa shape index (κ2) is 5.79. The molecule has 2 aromatic rings. The zero-order chi connectivity index (χ0) is 14.0. The molecule has 0 radical (unpaired) electrons. The minimum absolute atomic E-state index is 0.00341. The zero-order valence-electron chi connectivity index (χ0n) is 10.6. The number of halogens is 1. The molecular formula is C13H13BrN2O2S. The first-order valence-electron chi connectivity index (χ1n) is 5.64. The van der Waals surface area contributed by atoms with Crippen LogP contribution in [0.4, 0.5) is 0 Å². The molecule has 19 heavy (non-hydrogen) atoms. The third-order valence-electron chi connectivity index (χ3n) is 2.52. The van der Waals surface area contributed by atoms with E-state index in [4.69, 9.17) is 5.11 Å². The van der Waals surface area contributed by atoms with Crippen LogP contribution in [0, 0.1) is 13.8 Å². The summed E-state index contributed by atoms with van der Waals surface area (Å²) < 4.78 is 2.95. The third kappa shape index (κ3) is 3.39. The maximum atomic E-state index is 10.7. The summed E-state index contributed by atoms with van der Waals surface area (Å²) in [6.45, 7) is 3.97. The fourth-order valence-electron chi connectivity index (χ4n) is 1.80. The van der Waals surface area contributed by atoms with Crippen molar-refractivity contribution in [3.63, 3.8) is 0 Å². The smallest absolute Gasteiger partial charge is 0.313 e. The third-order valence-corrected chi connectivity index (χ3v) is 3.91. The molecule has 0 saturated heterocycles. The van der Waals surface area contributed by atoms with Gasteiger partial charge in [-0.2, -0.15) is 0 Å².